The second kappa shape index (κ2) is 7.53. The van der Waals surface area contributed by atoms with Crippen LogP contribution in [-0.2, 0) is 19.8 Å². The number of alkyl halides is 3. The second-order valence-electron chi connectivity index (χ2n) is 7.28. The van der Waals surface area contributed by atoms with Gasteiger partial charge >= 0.3 is 6.18 Å². The van der Waals surface area contributed by atoms with Crippen molar-refractivity contribution in [2.75, 3.05) is 0 Å². The number of carbonyl (C=O) groups is 1. The number of fused-ring (bicyclic) bond motifs is 1. The van der Waals surface area contributed by atoms with Crippen LogP contribution >= 0.6 is 0 Å². The van der Waals surface area contributed by atoms with Crippen molar-refractivity contribution in [3.63, 3.8) is 0 Å². The largest absolute Gasteiger partial charge is 0.433 e. The van der Waals surface area contributed by atoms with Gasteiger partial charge in [0.15, 0.2) is 11.3 Å². The van der Waals surface area contributed by atoms with Gasteiger partial charge in [-0.25, -0.2) is 9.50 Å². The average Bonchev–Trinajstić information content (AvgIpc) is 3.27. The van der Waals surface area contributed by atoms with Gasteiger partial charge in [-0.05, 0) is 19.9 Å². The van der Waals surface area contributed by atoms with E-state index in [2.05, 4.69) is 20.5 Å². The van der Waals surface area contributed by atoms with Crippen molar-refractivity contribution in [3.05, 3.63) is 70.8 Å². The van der Waals surface area contributed by atoms with E-state index < -0.39 is 17.8 Å². The predicted octanol–water partition coefficient (Wildman–Crippen LogP) is 3.70. The zero-order valence-corrected chi connectivity index (χ0v) is 17.0. The standard InChI is InChI=1S/C21H19F3N6O/c1-12-4-6-14(7-5-12)17-8-18(21(22,23)24)30-19(27-17)16(10-26-30)20(31)25-9-15-11-29(3)28-13(15)2/h4-8,10-11H,9H2,1-3H3,(H,25,31). The van der Waals surface area contributed by atoms with E-state index >= 15 is 0 Å². The molecule has 0 fully saturated rings. The van der Waals surface area contributed by atoms with Crippen molar-refractivity contribution in [1.82, 2.24) is 29.7 Å². The number of hydrogen-bond donors (Lipinski definition) is 1. The van der Waals surface area contributed by atoms with Crippen LogP contribution in [0.1, 0.15) is 32.9 Å². The SMILES string of the molecule is Cc1ccc(-c2cc(C(F)(F)F)n3ncc(C(=O)NCc4cn(C)nc4C)c3n2)cc1. The van der Waals surface area contributed by atoms with Crippen LogP contribution in [0.2, 0.25) is 0 Å². The lowest BCUT2D eigenvalue weighted by Crippen LogP contribution is -2.23. The molecule has 0 saturated heterocycles. The summed E-state index contributed by atoms with van der Waals surface area (Å²) in [4.78, 5) is 17.1. The molecule has 0 bridgehead atoms. The minimum atomic E-state index is -4.67. The molecule has 0 spiro atoms. The van der Waals surface area contributed by atoms with Crippen LogP contribution in [0.5, 0.6) is 0 Å². The lowest BCUT2D eigenvalue weighted by molar-refractivity contribution is -0.142. The molecule has 0 radical (unpaired) electrons. The average molecular weight is 428 g/mol. The third-order valence-corrected chi connectivity index (χ3v) is 4.91. The normalized spacial score (nSPS) is 11.8. The summed E-state index contributed by atoms with van der Waals surface area (Å²) < 4.78 is 43.4. The Morgan fingerprint density at radius 1 is 1.16 bits per heavy atom. The number of amides is 1. The van der Waals surface area contributed by atoms with Crippen LogP contribution < -0.4 is 5.32 Å². The van der Waals surface area contributed by atoms with Crippen molar-refractivity contribution >= 4 is 11.6 Å². The van der Waals surface area contributed by atoms with E-state index in [0.717, 1.165) is 29.1 Å². The van der Waals surface area contributed by atoms with Gasteiger partial charge in [-0.2, -0.15) is 23.4 Å². The molecular formula is C21H19F3N6O. The van der Waals surface area contributed by atoms with E-state index in [-0.39, 0.29) is 23.4 Å². The summed E-state index contributed by atoms with van der Waals surface area (Å²) in [6.45, 7) is 3.87. The van der Waals surface area contributed by atoms with Gasteiger partial charge in [-0.15, -0.1) is 0 Å². The number of hydrogen-bond acceptors (Lipinski definition) is 4. The lowest BCUT2D eigenvalue weighted by atomic mass is 10.1. The molecule has 10 heteroatoms. The molecule has 0 aliphatic rings. The molecule has 0 unspecified atom stereocenters. The first-order valence-corrected chi connectivity index (χ1v) is 9.44. The molecule has 160 valence electrons. The van der Waals surface area contributed by atoms with Crippen LogP contribution in [0.4, 0.5) is 13.2 Å². The molecule has 0 aliphatic heterocycles. The highest BCUT2D eigenvalue weighted by Crippen LogP contribution is 2.32. The van der Waals surface area contributed by atoms with Crippen LogP contribution in [0, 0.1) is 13.8 Å². The van der Waals surface area contributed by atoms with Crippen molar-refractivity contribution in [2.24, 2.45) is 7.05 Å². The Labute approximate surface area is 175 Å². The number of aromatic nitrogens is 5. The number of halogens is 3. The molecule has 4 rings (SSSR count). The van der Waals surface area contributed by atoms with Gasteiger partial charge in [0, 0.05) is 30.9 Å². The Kier molecular flexibility index (Phi) is 5.00. The van der Waals surface area contributed by atoms with Gasteiger partial charge in [0.1, 0.15) is 5.56 Å². The topological polar surface area (TPSA) is 77.1 Å². The molecular weight excluding hydrogens is 409 g/mol. The fraction of sp³-hybridized carbons (Fsp3) is 0.238. The van der Waals surface area contributed by atoms with Crippen molar-refractivity contribution < 1.29 is 18.0 Å². The van der Waals surface area contributed by atoms with Gasteiger partial charge in [-0.1, -0.05) is 29.8 Å². The number of benzene rings is 1. The van der Waals surface area contributed by atoms with E-state index in [1.54, 1.807) is 42.2 Å². The van der Waals surface area contributed by atoms with Crippen LogP contribution in [0.3, 0.4) is 0 Å². The van der Waals surface area contributed by atoms with Gasteiger partial charge in [0.2, 0.25) is 0 Å². The van der Waals surface area contributed by atoms with Gasteiger partial charge in [0.05, 0.1) is 17.6 Å². The third-order valence-electron chi connectivity index (χ3n) is 4.91. The highest BCUT2D eigenvalue weighted by Gasteiger charge is 2.36. The van der Waals surface area contributed by atoms with Crippen LogP contribution in [0.15, 0.2) is 42.7 Å². The fourth-order valence-electron chi connectivity index (χ4n) is 3.29. The molecule has 0 aliphatic carbocycles. The summed E-state index contributed by atoms with van der Waals surface area (Å²) in [6, 6.07) is 7.89. The first kappa shape index (κ1) is 20.6. The summed E-state index contributed by atoms with van der Waals surface area (Å²) in [6.07, 6.45) is -1.81. The van der Waals surface area contributed by atoms with Crippen LogP contribution in [-0.4, -0.2) is 30.3 Å². The molecule has 7 nitrogen and oxygen atoms in total. The maximum Gasteiger partial charge on any atom is 0.433 e. The zero-order valence-electron chi connectivity index (χ0n) is 17.0. The Morgan fingerprint density at radius 3 is 2.48 bits per heavy atom. The number of nitrogens with zero attached hydrogens (tertiary/aromatic N) is 5. The Morgan fingerprint density at radius 2 is 1.87 bits per heavy atom. The van der Waals surface area contributed by atoms with Crippen LogP contribution in [0.25, 0.3) is 16.9 Å². The number of nitrogens with one attached hydrogen (secondary N) is 1. The van der Waals surface area contributed by atoms with E-state index in [0.29, 0.717) is 10.1 Å². The summed E-state index contributed by atoms with van der Waals surface area (Å²) in [5.74, 6) is -0.570. The van der Waals surface area contributed by atoms with E-state index in [4.69, 9.17) is 0 Å². The molecule has 0 saturated carbocycles. The molecule has 4 aromatic rings. The quantitative estimate of drug-likeness (QED) is 0.538. The predicted molar refractivity (Wildman–Crippen MR) is 107 cm³/mol. The highest BCUT2D eigenvalue weighted by atomic mass is 19.4. The summed E-state index contributed by atoms with van der Waals surface area (Å²) >= 11 is 0. The molecule has 3 heterocycles. The highest BCUT2D eigenvalue weighted by molar-refractivity contribution is 5.99. The maximum atomic E-state index is 13.7. The number of rotatable bonds is 4. The second-order valence-corrected chi connectivity index (χ2v) is 7.28. The molecule has 1 N–H and O–H groups in total. The smallest absolute Gasteiger partial charge is 0.348 e. The van der Waals surface area contributed by atoms with Gasteiger partial charge < -0.3 is 5.32 Å². The summed E-state index contributed by atoms with van der Waals surface area (Å²) in [5.41, 5.74) is 1.94. The van der Waals surface area contributed by atoms with E-state index in [1.807, 2.05) is 13.8 Å². The van der Waals surface area contributed by atoms with Crippen molar-refractivity contribution in [2.45, 2.75) is 26.6 Å². The van der Waals surface area contributed by atoms with Crippen molar-refractivity contribution in [3.8, 4) is 11.3 Å². The minimum absolute atomic E-state index is 0.0407. The fourth-order valence-corrected chi connectivity index (χ4v) is 3.29. The Balaban J connectivity index is 1.75. The summed E-state index contributed by atoms with van der Waals surface area (Å²) in [7, 11) is 1.76. The Bertz CT molecular complexity index is 1270. The summed E-state index contributed by atoms with van der Waals surface area (Å²) in [5, 5.41) is 10.7. The number of aryl methyl sites for hydroxylation is 3. The Hall–Kier alpha value is -3.69. The zero-order chi connectivity index (χ0) is 22.3. The van der Waals surface area contributed by atoms with Crippen molar-refractivity contribution in [1.29, 1.82) is 0 Å². The molecule has 3 aromatic heterocycles. The third kappa shape index (κ3) is 4.00. The first-order valence-electron chi connectivity index (χ1n) is 9.44. The molecule has 1 aromatic carbocycles. The monoisotopic (exact) mass is 428 g/mol. The maximum absolute atomic E-state index is 13.7. The molecule has 1 amide bonds. The van der Waals surface area contributed by atoms with Gasteiger partial charge in [0.25, 0.3) is 5.91 Å². The lowest BCUT2D eigenvalue weighted by Gasteiger charge is -2.12. The minimum Gasteiger partial charge on any atom is -0.348 e. The van der Waals surface area contributed by atoms with E-state index in [9.17, 15) is 18.0 Å². The first-order chi connectivity index (χ1) is 14.6. The molecule has 31 heavy (non-hydrogen) atoms. The van der Waals surface area contributed by atoms with E-state index in [1.165, 1.54) is 0 Å². The molecule has 0 atom stereocenters. The number of carbonyl (C=O) groups excluding carboxylic acids is 1. The van der Waals surface area contributed by atoms with Gasteiger partial charge in [-0.3, -0.25) is 9.48 Å².